The first kappa shape index (κ1) is 12.4. The fourth-order valence-corrected chi connectivity index (χ4v) is 1.36. The third-order valence-corrected chi connectivity index (χ3v) is 2.23. The first-order valence-corrected chi connectivity index (χ1v) is 5.08. The first-order valence-electron chi connectivity index (χ1n) is 5.08. The van der Waals surface area contributed by atoms with Crippen LogP contribution >= 0.6 is 0 Å². The minimum atomic E-state index is -0.732. The Morgan fingerprint density at radius 3 is 2.84 bits per heavy atom. The standard InChI is InChI=1S/C9H9N7O3/c1-11-9-12-4-6(16(18)19)8(13-9)15-3-2-5(14-15)7(10)17/h2-4H,1H3,(H2,10,17)(H,11,12,13). The van der Waals surface area contributed by atoms with Crippen LogP contribution < -0.4 is 11.1 Å². The molecule has 0 radical (unpaired) electrons. The summed E-state index contributed by atoms with van der Waals surface area (Å²) in [5, 5.41) is 17.4. The maximum absolute atomic E-state index is 11.0. The molecule has 0 aliphatic carbocycles. The predicted molar refractivity (Wildman–Crippen MR) is 63.9 cm³/mol. The van der Waals surface area contributed by atoms with Crippen LogP contribution in [0.4, 0.5) is 11.6 Å². The van der Waals surface area contributed by atoms with Gasteiger partial charge in [-0.05, 0) is 6.07 Å². The van der Waals surface area contributed by atoms with Crippen LogP contribution in [0.3, 0.4) is 0 Å². The molecule has 98 valence electrons. The molecule has 10 nitrogen and oxygen atoms in total. The molecule has 3 N–H and O–H groups in total. The number of carbonyl (C=O) groups is 1. The number of nitrogens with zero attached hydrogens (tertiary/aromatic N) is 5. The maximum atomic E-state index is 11.0. The van der Waals surface area contributed by atoms with Gasteiger partial charge in [0.15, 0.2) is 0 Å². The van der Waals surface area contributed by atoms with E-state index in [0.717, 1.165) is 10.9 Å². The molecule has 0 fully saturated rings. The van der Waals surface area contributed by atoms with Gasteiger partial charge in [0, 0.05) is 13.2 Å². The Kier molecular flexibility index (Phi) is 3.06. The molecule has 2 rings (SSSR count). The number of nitrogens with two attached hydrogens (primary N) is 1. The molecular weight excluding hydrogens is 254 g/mol. The second kappa shape index (κ2) is 4.68. The summed E-state index contributed by atoms with van der Waals surface area (Å²) in [6, 6.07) is 1.34. The van der Waals surface area contributed by atoms with E-state index in [4.69, 9.17) is 5.73 Å². The average Bonchev–Trinajstić information content (AvgIpc) is 2.87. The van der Waals surface area contributed by atoms with Gasteiger partial charge in [-0.25, -0.2) is 9.67 Å². The molecule has 0 spiro atoms. The number of nitro groups is 1. The van der Waals surface area contributed by atoms with Crippen molar-refractivity contribution < 1.29 is 9.72 Å². The molecule has 0 saturated heterocycles. The van der Waals surface area contributed by atoms with Gasteiger partial charge in [-0.15, -0.1) is 0 Å². The summed E-state index contributed by atoms with van der Waals surface area (Å²) in [6.45, 7) is 0. The van der Waals surface area contributed by atoms with E-state index in [9.17, 15) is 14.9 Å². The topological polar surface area (TPSA) is 142 Å². The van der Waals surface area contributed by atoms with E-state index in [1.807, 2.05) is 0 Å². The summed E-state index contributed by atoms with van der Waals surface area (Å²) in [4.78, 5) is 28.9. The third kappa shape index (κ3) is 2.31. The van der Waals surface area contributed by atoms with Gasteiger partial charge in [0.25, 0.3) is 5.91 Å². The van der Waals surface area contributed by atoms with Crippen molar-refractivity contribution in [1.82, 2.24) is 19.7 Å². The monoisotopic (exact) mass is 263 g/mol. The van der Waals surface area contributed by atoms with E-state index >= 15 is 0 Å². The van der Waals surface area contributed by atoms with E-state index in [2.05, 4.69) is 20.4 Å². The lowest BCUT2D eigenvalue weighted by atomic mass is 10.4. The van der Waals surface area contributed by atoms with Crippen LogP contribution in [-0.2, 0) is 0 Å². The number of primary amides is 1. The number of amides is 1. The van der Waals surface area contributed by atoms with Crippen LogP contribution in [0.2, 0.25) is 0 Å². The number of rotatable bonds is 4. The predicted octanol–water partition coefficient (Wildman–Crippen LogP) is -0.289. The molecule has 2 aromatic rings. The van der Waals surface area contributed by atoms with Gasteiger partial charge in [-0.1, -0.05) is 0 Å². The number of anilines is 1. The smallest absolute Gasteiger partial charge is 0.332 e. The molecule has 1 amide bonds. The van der Waals surface area contributed by atoms with E-state index in [-0.39, 0.29) is 23.1 Å². The number of hydrogen-bond donors (Lipinski definition) is 2. The molecule has 2 aromatic heterocycles. The summed E-state index contributed by atoms with van der Waals surface area (Å²) in [5.41, 5.74) is 4.72. The highest BCUT2D eigenvalue weighted by Gasteiger charge is 2.20. The summed E-state index contributed by atoms with van der Waals surface area (Å²) in [5.74, 6) is -0.599. The summed E-state index contributed by atoms with van der Waals surface area (Å²) >= 11 is 0. The van der Waals surface area contributed by atoms with Crippen molar-refractivity contribution in [3.05, 3.63) is 34.3 Å². The first-order chi connectivity index (χ1) is 9.02. The van der Waals surface area contributed by atoms with E-state index in [1.54, 1.807) is 7.05 Å². The van der Waals surface area contributed by atoms with E-state index < -0.39 is 10.8 Å². The molecule has 0 atom stereocenters. The zero-order chi connectivity index (χ0) is 14.0. The molecule has 0 aliphatic heterocycles. The van der Waals surface area contributed by atoms with Crippen molar-refractivity contribution in [3.63, 3.8) is 0 Å². The van der Waals surface area contributed by atoms with Crippen molar-refractivity contribution in [2.24, 2.45) is 5.73 Å². The lowest BCUT2D eigenvalue weighted by Gasteiger charge is -2.03. The van der Waals surface area contributed by atoms with E-state index in [0.29, 0.717) is 0 Å². The summed E-state index contributed by atoms with van der Waals surface area (Å²) in [7, 11) is 1.57. The van der Waals surface area contributed by atoms with Crippen molar-refractivity contribution in [2.75, 3.05) is 12.4 Å². The van der Waals surface area contributed by atoms with Gasteiger partial charge in [0.05, 0.1) is 4.92 Å². The fraction of sp³-hybridized carbons (Fsp3) is 0.111. The van der Waals surface area contributed by atoms with Gasteiger partial charge in [-0.2, -0.15) is 10.1 Å². The Labute approximate surface area is 106 Å². The minimum absolute atomic E-state index is 0.0149. The van der Waals surface area contributed by atoms with Gasteiger partial charge >= 0.3 is 5.69 Å². The second-order valence-corrected chi connectivity index (χ2v) is 3.42. The molecule has 2 heterocycles. The molecule has 0 aromatic carbocycles. The van der Waals surface area contributed by atoms with E-state index in [1.165, 1.54) is 12.3 Å². The van der Waals surface area contributed by atoms with Crippen LogP contribution in [0.5, 0.6) is 0 Å². The number of aromatic nitrogens is 4. The normalized spacial score (nSPS) is 10.2. The molecule has 0 saturated carbocycles. The Balaban J connectivity index is 2.57. The number of hydrogen-bond acceptors (Lipinski definition) is 7. The Morgan fingerprint density at radius 2 is 2.32 bits per heavy atom. The largest absolute Gasteiger partial charge is 0.364 e. The SMILES string of the molecule is CNc1ncc([N+](=O)[O-])c(-n2ccc(C(N)=O)n2)n1. The number of nitrogens with one attached hydrogen (secondary N) is 1. The Morgan fingerprint density at radius 1 is 1.58 bits per heavy atom. The zero-order valence-corrected chi connectivity index (χ0v) is 9.77. The molecule has 19 heavy (non-hydrogen) atoms. The van der Waals surface area contributed by atoms with Crippen LogP contribution in [0.15, 0.2) is 18.5 Å². The molecule has 0 aliphatic rings. The van der Waals surface area contributed by atoms with Crippen LogP contribution in [0.1, 0.15) is 10.5 Å². The van der Waals surface area contributed by atoms with Crippen molar-refractivity contribution in [2.45, 2.75) is 0 Å². The molecule has 0 bridgehead atoms. The zero-order valence-electron chi connectivity index (χ0n) is 9.77. The van der Waals surface area contributed by atoms with Crippen LogP contribution in [-0.4, -0.2) is 37.6 Å². The summed E-state index contributed by atoms with van der Waals surface area (Å²) in [6.07, 6.45) is 2.41. The van der Waals surface area contributed by atoms with Crippen LogP contribution in [0, 0.1) is 10.1 Å². The Bertz CT molecular complexity index is 651. The Hall–Kier alpha value is -3.04. The average molecular weight is 263 g/mol. The van der Waals surface area contributed by atoms with Gasteiger partial charge in [-0.3, -0.25) is 14.9 Å². The lowest BCUT2D eigenvalue weighted by molar-refractivity contribution is -0.385. The van der Waals surface area contributed by atoms with Crippen molar-refractivity contribution >= 4 is 17.5 Å². The highest BCUT2D eigenvalue weighted by Crippen LogP contribution is 2.20. The van der Waals surface area contributed by atoms with Gasteiger partial charge in [0.1, 0.15) is 11.9 Å². The highest BCUT2D eigenvalue weighted by molar-refractivity contribution is 5.90. The highest BCUT2D eigenvalue weighted by atomic mass is 16.6. The maximum Gasteiger partial charge on any atom is 0.332 e. The quantitative estimate of drug-likeness (QED) is 0.570. The van der Waals surface area contributed by atoms with Crippen molar-refractivity contribution in [1.29, 1.82) is 0 Å². The lowest BCUT2D eigenvalue weighted by Crippen LogP contribution is -2.13. The molecule has 0 unspecified atom stereocenters. The number of carbonyl (C=O) groups excluding carboxylic acids is 1. The van der Waals surface area contributed by atoms with Gasteiger partial charge in [0.2, 0.25) is 11.8 Å². The van der Waals surface area contributed by atoms with Gasteiger partial charge < -0.3 is 11.1 Å². The molecule has 10 heteroatoms. The van der Waals surface area contributed by atoms with Crippen LogP contribution in [0.25, 0.3) is 5.82 Å². The van der Waals surface area contributed by atoms with Crippen molar-refractivity contribution in [3.8, 4) is 5.82 Å². The third-order valence-electron chi connectivity index (χ3n) is 2.23. The second-order valence-electron chi connectivity index (χ2n) is 3.42. The fourth-order valence-electron chi connectivity index (χ4n) is 1.36. The summed E-state index contributed by atoms with van der Waals surface area (Å²) < 4.78 is 1.10. The minimum Gasteiger partial charge on any atom is -0.364 e. The molecular formula is C9H9N7O3.